The molecule has 0 aromatic carbocycles. The van der Waals surface area contributed by atoms with Crippen LogP contribution in [0.1, 0.15) is 23.7 Å². The molecule has 13 heavy (non-hydrogen) atoms. The molecule has 1 aliphatic heterocycles. The van der Waals surface area contributed by atoms with E-state index in [1.54, 1.807) is 0 Å². The second-order valence-corrected chi connectivity index (χ2v) is 3.26. The highest BCUT2D eigenvalue weighted by molar-refractivity contribution is 6.20. The monoisotopic (exact) mass is 202 g/mol. The second kappa shape index (κ2) is 3.55. The van der Waals surface area contributed by atoms with E-state index in [4.69, 9.17) is 20.9 Å². The molecule has 0 fully saturated rings. The lowest BCUT2D eigenvalue weighted by atomic mass is 10.1. The number of aromatic nitrogens is 1. The summed E-state index contributed by atoms with van der Waals surface area (Å²) in [6.45, 7) is 3.30. The summed E-state index contributed by atoms with van der Waals surface area (Å²) in [6.07, 6.45) is 0.818. The van der Waals surface area contributed by atoms with Gasteiger partial charge >= 0.3 is 0 Å². The zero-order valence-electron chi connectivity index (χ0n) is 7.34. The summed E-state index contributed by atoms with van der Waals surface area (Å²) in [7, 11) is 0. The highest BCUT2D eigenvalue weighted by atomic mass is 35.5. The molecule has 1 aliphatic rings. The van der Waals surface area contributed by atoms with E-state index in [-0.39, 0.29) is 5.50 Å². The number of alkyl halides is 1. The minimum Gasteiger partial charge on any atom is -0.476 e. The molecule has 0 saturated heterocycles. The Hall–Kier alpha value is -0.740. The van der Waals surface area contributed by atoms with E-state index >= 15 is 0 Å². The van der Waals surface area contributed by atoms with Gasteiger partial charge in [-0.25, -0.2) is 0 Å². The van der Waals surface area contributed by atoms with Crippen molar-refractivity contribution in [3.05, 3.63) is 11.3 Å². The molecule has 5 heteroatoms. The first-order valence-corrected chi connectivity index (χ1v) is 4.75. The molecule has 4 nitrogen and oxygen atoms in total. The molecule has 0 spiro atoms. The number of hydrogen-bond acceptors (Lipinski definition) is 4. The third kappa shape index (κ3) is 1.51. The molecule has 72 valence electrons. The van der Waals surface area contributed by atoms with Crippen molar-refractivity contribution in [2.24, 2.45) is 0 Å². The van der Waals surface area contributed by atoms with Gasteiger partial charge in [0, 0.05) is 13.0 Å². The number of ether oxygens (including phenoxy) is 1. The highest BCUT2D eigenvalue weighted by Gasteiger charge is 2.27. The van der Waals surface area contributed by atoms with Crippen LogP contribution in [-0.2, 0) is 6.42 Å². The van der Waals surface area contributed by atoms with Gasteiger partial charge in [0.2, 0.25) is 0 Å². The first-order valence-electron chi connectivity index (χ1n) is 4.31. The van der Waals surface area contributed by atoms with Crippen LogP contribution in [0.5, 0.6) is 5.88 Å². The van der Waals surface area contributed by atoms with Gasteiger partial charge in [0.05, 0.1) is 12.2 Å². The fourth-order valence-electron chi connectivity index (χ4n) is 1.40. The minimum atomic E-state index is -0.239. The summed E-state index contributed by atoms with van der Waals surface area (Å²) in [6, 6.07) is 0. The Morgan fingerprint density at radius 3 is 3.38 bits per heavy atom. The van der Waals surface area contributed by atoms with Crippen molar-refractivity contribution in [2.75, 3.05) is 13.2 Å². The molecule has 1 N–H and O–H groups in total. The number of nitrogens with one attached hydrogen (secondary N) is 1. The normalized spacial score (nSPS) is 21.2. The summed E-state index contributed by atoms with van der Waals surface area (Å²) >= 11 is 6.04. The molecular weight excluding hydrogens is 192 g/mol. The number of fused-ring (bicyclic) bond motifs is 1. The summed E-state index contributed by atoms with van der Waals surface area (Å²) in [4.78, 5) is 0. The first kappa shape index (κ1) is 8.84. The maximum atomic E-state index is 6.04. The summed E-state index contributed by atoms with van der Waals surface area (Å²) < 4.78 is 10.4. The fourth-order valence-corrected chi connectivity index (χ4v) is 1.72. The zero-order chi connectivity index (χ0) is 9.26. The van der Waals surface area contributed by atoms with E-state index in [0.29, 0.717) is 12.5 Å². The largest absolute Gasteiger partial charge is 0.476 e. The van der Waals surface area contributed by atoms with Gasteiger partial charge in [0.25, 0.3) is 5.88 Å². The summed E-state index contributed by atoms with van der Waals surface area (Å²) in [5.74, 6) is 1.35. The molecule has 1 unspecified atom stereocenters. The first-order chi connectivity index (χ1) is 6.33. The van der Waals surface area contributed by atoms with Crippen molar-refractivity contribution < 1.29 is 9.26 Å². The topological polar surface area (TPSA) is 47.3 Å². The Bertz CT molecular complexity index is 300. The van der Waals surface area contributed by atoms with Crippen molar-refractivity contribution in [3.8, 4) is 5.88 Å². The van der Waals surface area contributed by atoms with E-state index in [1.165, 1.54) is 0 Å². The lowest BCUT2D eigenvalue weighted by Gasteiger charge is -2.16. The van der Waals surface area contributed by atoms with E-state index in [1.807, 2.05) is 6.92 Å². The maximum absolute atomic E-state index is 6.04. The molecule has 0 aliphatic carbocycles. The minimum absolute atomic E-state index is 0.239. The van der Waals surface area contributed by atoms with E-state index in [2.05, 4.69) is 10.5 Å². The van der Waals surface area contributed by atoms with Crippen molar-refractivity contribution >= 4 is 11.6 Å². The van der Waals surface area contributed by atoms with E-state index in [9.17, 15) is 0 Å². The van der Waals surface area contributed by atoms with Crippen LogP contribution in [-0.4, -0.2) is 18.3 Å². The third-order valence-electron chi connectivity index (χ3n) is 1.98. The molecule has 2 heterocycles. The van der Waals surface area contributed by atoms with Crippen LogP contribution in [0.25, 0.3) is 0 Å². The molecule has 2 rings (SSSR count). The zero-order valence-corrected chi connectivity index (χ0v) is 8.10. The molecule has 0 bridgehead atoms. The average Bonchev–Trinajstić information content (AvgIpc) is 2.51. The van der Waals surface area contributed by atoms with Gasteiger partial charge in [-0.15, -0.1) is 11.6 Å². The molecular formula is C8H11ClN2O2. The quantitative estimate of drug-likeness (QED) is 0.583. The van der Waals surface area contributed by atoms with E-state index < -0.39 is 0 Å². The molecule has 0 amide bonds. The third-order valence-corrected chi connectivity index (χ3v) is 2.35. The van der Waals surface area contributed by atoms with Gasteiger partial charge < -0.3 is 9.26 Å². The Morgan fingerprint density at radius 2 is 2.62 bits per heavy atom. The van der Waals surface area contributed by atoms with Gasteiger partial charge in [0.1, 0.15) is 11.3 Å². The molecule has 1 atom stereocenters. The van der Waals surface area contributed by atoms with Crippen LogP contribution in [0.4, 0.5) is 0 Å². The Kier molecular flexibility index (Phi) is 2.42. The van der Waals surface area contributed by atoms with Crippen molar-refractivity contribution in [1.29, 1.82) is 0 Å². The standard InChI is InChI=1S/C8H11ClN2O2/c1-2-12-8-6-5(13-11-8)3-4-10-7(6)9/h7,10H,2-4H2,1H3. The van der Waals surface area contributed by atoms with Gasteiger partial charge in [-0.3, -0.25) is 5.32 Å². The molecule has 1 aromatic rings. The van der Waals surface area contributed by atoms with Crippen molar-refractivity contribution in [3.63, 3.8) is 0 Å². The summed E-state index contributed by atoms with van der Waals surface area (Å²) in [5, 5.41) is 6.92. The number of halogens is 1. The molecule has 1 aromatic heterocycles. The Labute approximate surface area is 81.2 Å². The lowest BCUT2D eigenvalue weighted by Crippen LogP contribution is -2.25. The SMILES string of the molecule is CCOc1noc2c1C(Cl)NCC2. The number of nitrogens with zero attached hydrogens (tertiary/aromatic N) is 1. The molecule has 0 radical (unpaired) electrons. The second-order valence-electron chi connectivity index (χ2n) is 2.82. The number of hydrogen-bond donors (Lipinski definition) is 1. The van der Waals surface area contributed by atoms with Crippen molar-refractivity contribution in [1.82, 2.24) is 10.5 Å². The van der Waals surface area contributed by atoms with E-state index in [0.717, 1.165) is 24.3 Å². The van der Waals surface area contributed by atoms with Crippen molar-refractivity contribution in [2.45, 2.75) is 18.8 Å². The van der Waals surface area contributed by atoms with Crippen LogP contribution in [0.15, 0.2) is 4.52 Å². The lowest BCUT2D eigenvalue weighted by molar-refractivity contribution is 0.289. The Morgan fingerprint density at radius 1 is 1.77 bits per heavy atom. The average molecular weight is 203 g/mol. The van der Waals surface area contributed by atoms with Gasteiger partial charge in [-0.2, -0.15) is 0 Å². The molecule has 0 saturated carbocycles. The fraction of sp³-hybridized carbons (Fsp3) is 0.625. The number of rotatable bonds is 2. The van der Waals surface area contributed by atoms with Crippen LogP contribution >= 0.6 is 11.6 Å². The smallest absolute Gasteiger partial charge is 0.260 e. The predicted octanol–water partition coefficient (Wildman–Crippen LogP) is 1.46. The van der Waals surface area contributed by atoms with Gasteiger partial charge in [-0.1, -0.05) is 0 Å². The predicted molar refractivity (Wildman–Crippen MR) is 48.0 cm³/mol. The van der Waals surface area contributed by atoms with Crippen LogP contribution in [0.3, 0.4) is 0 Å². The van der Waals surface area contributed by atoms with Crippen LogP contribution < -0.4 is 10.1 Å². The van der Waals surface area contributed by atoms with Crippen LogP contribution in [0.2, 0.25) is 0 Å². The highest BCUT2D eigenvalue weighted by Crippen LogP contribution is 2.33. The summed E-state index contributed by atoms with van der Waals surface area (Å²) in [5.41, 5.74) is 0.617. The Balaban J connectivity index is 2.32. The van der Waals surface area contributed by atoms with Gasteiger partial charge in [-0.05, 0) is 12.1 Å². The van der Waals surface area contributed by atoms with Gasteiger partial charge in [0.15, 0.2) is 0 Å². The van der Waals surface area contributed by atoms with Crippen LogP contribution in [0, 0.1) is 0 Å². The maximum Gasteiger partial charge on any atom is 0.260 e.